The molecule has 1 heterocycles. The van der Waals surface area contributed by atoms with Crippen LogP contribution in [-0.2, 0) is 13.6 Å². The summed E-state index contributed by atoms with van der Waals surface area (Å²) in [6, 6.07) is 1.06. The Balaban J connectivity index is 0. The zero-order valence-electron chi connectivity index (χ0n) is 12.8. The molecule has 0 aliphatic rings. The van der Waals surface area contributed by atoms with Gasteiger partial charge in [-0.1, -0.05) is 5.16 Å². The molecule has 0 fully saturated rings. The minimum atomic E-state index is 0. The van der Waals surface area contributed by atoms with Gasteiger partial charge >= 0.3 is 5.82 Å². The molecule has 0 spiro atoms. The smallest absolute Gasteiger partial charge is 0.303 e. The Morgan fingerprint density at radius 3 is 2.35 bits per heavy atom. The lowest BCUT2D eigenvalue weighted by molar-refractivity contribution is -0.671. The molecule has 118 valence electrons. The van der Waals surface area contributed by atoms with Crippen molar-refractivity contribution < 1.29 is 22.2 Å². The van der Waals surface area contributed by atoms with Crippen molar-refractivity contribution >= 4 is 18.6 Å². The van der Waals surface area contributed by atoms with Crippen LogP contribution in [0.25, 0.3) is 0 Å². The number of halogens is 2. The first-order valence-corrected chi connectivity index (χ1v) is 6.45. The molecular formula is C13H26Cl2N4O. The average Bonchev–Trinajstić information content (AvgIpc) is 2.61. The third-order valence-corrected chi connectivity index (χ3v) is 3.22. The topological polar surface area (TPSA) is 44.6 Å². The SMILES string of the molecule is CC(C)N(CCn1cc[n+](C)c1/C=N/O)C(C)C.Cl.[Cl-]. The van der Waals surface area contributed by atoms with Crippen molar-refractivity contribution in [2.45, 2.75) is 46.3 Å². The first-order chi connectivity index (χ1) is 8.47. The van der Waals surface area contributed by atoms with Gasteiger partial charge < -0.3 is 17.6 Å². The maximum Gasteiger partial charge on any atom is 0.303 e. The van der Waals surface area contributed by atoms with E-state index in [-0.39, 0.29) is 24.8 Å². The fourth-order valence-electron chi connectivity index (χ4n) is 2.28. The van der Waals surface area contributed by atoms with Crippen molar-refractivity contribution in [1.29, 1.82) is 0 Å². The quantitative estimate of drug-likeness (QED) is 0.305. The highest BCUT2D eigenvalue weighted by Crippen LogP contribution is 2.05. The van der Waals surface area contributed by atoms with Crippen LogP contribution in [-0.4, -0.2) is 39.5 Å². The Kier molecular flexibility index (Phi) is 10.8. The van der Waals surface area contributed by atoms with Gasteiger partial charge in [-0.15, -0.1) is 12.4 Å². The van der Waals surface area contributed by atoms with E-state index in [0.29, 0.717) is 12.1 Å². The van der Waals surface area contributed by atoms with Gasteiger partial charge in [-0.25, -0.2) is 9.13 Å². The van der Waals surface area contributed by atoms with E-state index in [4.69, 9.17) is 5.21 Å². The van der Waals surface area contributed by atoms with Crippen molar-refractivity contribution in [2.24, 2.45) is 12.2 Å². The first kappa shape index (κ1) is 21.5. The van der Waals surface area contributed by atoms with Gasteiger partial charge in [0.2, 0.25) is 0 Å². The molecule has 20 heavy (non-hydrogen) atoms. The van der Waals surface area contributed by atoms with Crippen molar-refractivity contribution in [3.05, 3.63) is 18.2 Å². The summed E-state index contributed by atoms with van der Waals surface area (Å²) in [5.41, 5.74) is 0. The fourth-order valence-corrected chi connectivity index (χ4v) is 2.28. The van der Waals surface area contributed by atoms with Gasteiger partial charge in [0.1, 0.15) is 18.9 Å². The molecular weight excluding hydrogens is 299 g/mol. The normalized spacial score (nSPS) is 11.2. The third kappa shape index (κ3) is 5.69. The predicted molar refractivity (Wildman–Crippen MR) is 79.2 cm³/mol. The minimum absolute atomic E-state index is 0. The summed E-state index contributed by atoms with van der Waals surface area (Å²) in [6.07, 6.45) is 5.44. The molecule has 1 rings (SSSR count). The number of oxime groups is 1. The monoisotopic (exact) mass is 324 g/mol. The van der Waals surface area contributed by atoms with Crippen LogP contribution in [0.2, 0.25) is 0 Å². The predicted octanol–water partition coefficient (Wildman–Crippen LogP) is -1.33. The zero-order chi connectivity index (χ0) is 13.7. The minimum Gasteiger partial charge on any atom is -1.00 e. The van der Waals surface area contributed by atoms with Gasteiger partial charge in [0.25, 0.3) is 0 Å². The number of imidazole rings is 1. The summed E-state index contributed by atoms with van der Waals surface area (Å²) >= 11 is 0. The van der Waals surface area contributed by atoms with Gasteiger partial charge in [0.05, 0.1) is 7.05 Å². The number of hydrogen-bond acceptors (Lipinski definition) is 3. The molecule has 5 nitrogen and oxygen atoms in total. The highest BCUT2D eigenvalue weighted by molar-refractivity contribution is 5.85. The molecule has 1 aromatic rings. The van der Waals surface area contributed by atoms with E-state index in [2.05, 4.69) is 42.3 Å². The van der Waals surface area contributed by atoms with Crippen molar-refractivity contribution in [1.82, 2.24) is 9.47 Å². The Bertz CT molecular complexity index is 397. The van der Waals surface area contributed by atoms with Gasteiger partial charge in [-0.3, -0.25) is 4.90 Å². The highest BCUT2D eigenvalue weighted by atomic mass is 35.5. The Hall–Kier alpha value is -0.780. The summed E-state index contributed by atoms with van der Waals surface area (Å²) < 4.78 is 4.03. The largest absolute Gasteiger partial charge is 1.00 e. The summed E-state index contributed by atoms with van der Waals surface area (Å²) in [4.78, 5) is 2.44. The van der Waals surface area contributed by atoms with E-state index in [1.54, 1.807) is 0 Å². The van der Waals surface area contributed by atoms with Crippen molar-refractivity contribution in [2.75, 3.05) is 6.54 Å². The third-order valence-electron chi connectivity index (χ3n) is 3.22. The second-order valence-electron chi connectivity index (χ2n) is 5.13. The molecule has 0 unspecified atom stereocenters. The zero-order valence-corrected chi connectivity index (χ0v) is 14.4. The van der Waals surface area contributed by atoms with E-state index >= 15 is 0 Å². The second kappa shape index (κ2) is 10.0. The lowest BCUT2D eigenvalue weighted by Crippen LogP contribution is -3.00. The lowest BCUT2D eigenvalue weighted by atomic mass is 10.2. The van der Waals surface area contributed by atoms with E-state index in [9.17, 15) is 0 Å². The van der Waals surface area contributed by atoms with Crippen molar-refractivity contribution in [3.8, 4) is 0 Å². The average molecular weight is 325 g/mol. The number of aryl methyl sites for hydroxylation is 1. The number of nitrogens with zero attached hydrogens (tertiary/aromatic N) is 4. The van der Waals surface area contributed by atoms with E-state index in [0.717, 1.165) is 18.9 Å². The van der Waals surface area contributed by atoms with Crippen LogP contribution in [0.15, 0.2) is 17.5 Å². The van der Waals surface area contributed by atoms with Gasteiger partial charge in [-0.05, 0) is 27.7 Å². The summed E-state index contributed by atoms with van der Waals surface area (Å²) in [5.74, 6) is 0.893. The molecule has 0 saturated heterocycles. The fraction of sp³-hybridized carbons (Fsp3) is 0.692. The summed E-state index contributed by atoms with van der Waals surface area (Å²) in [7, 11) is 1.94. The van der Waals surface area contributed by atoms with Crippen LogP contribution in [0, 0.1) is 0 Å². The molecule has 0 aliphatic heterocycles. The van der Waals surface area contributed by atoms with Crippen LogP contribution in [0.5, 0.6) is 0 Å². The van der Waals surface area contributed by atoms with Crippen molar-refractivity contribution in [3.63, 3.8) is 0 Å². The molecule has 0 aromatic carbocycles. The molecule has 0 bridgehead atoms. The number of rotatable bonds is 6. The lowest BCUT2D eigenvalue weighted by Gasteiger charge is -2.29. The molecule has 0 atom stereocenters. The molecule has 0 aliphatic carbocycles. The maximum atomic E-state index is 8.67. The van der Waals surface area contributed by atoms with Gasteiger partial charge in [-0.2, -0.15) is 0 Å². The molecule has 7 heteroatoms. The maximum absolute atomic E-state index is 8.67. The Morgan fingerprint density at radius 1 is 1.35 bits per heavy atom. The van der Waals surface area contributed by atoms with E-state index < -0.39 is 0 Å². The van der Waals surface area contributed by atoms with Crippen LogP contribution in [0.1, 0.15) is 33.5 Å². The number of hydrogen-bond donors (Lipinski definition) is 1. The van der Waals surface area contributed by atoms with Crippen LogP contribution in [0.4, 0.5) is 0 Å². The Morgan fingerprint density at radius 2 is 1.90 bits per heavy atom. The van der Waals surface area contributed by atoms with Crippen LogP contribution < -0.4 is 17.0 Å². The Labute approximate surface area is 134 Å². The van der Waals surface area contributed by atoms with Gasteiger partial charge in [0, 0.05) is 18.6 Å². The molecule has 1 N–H and O–H groups in total. The first-order valence-electron chi connectivity index (χ1n) is 6.45. The molecule has 0 saturated carbocycles. The van der Waals surface area contributed by atoms with Crippen LogP contribution >= 0.6 is 12.4 Å². The highest BCUT2D eigenvalue weighted by Gasteiger charge is 2.17. The van der Waals surface area contributed by atoms with E-state index in [1.807, 2.05) is 24.0 Å². The standard InChI is InChI=1S/C13H24N4O.2ClH/c1-11(2)17(12(3)4)9-8-16-7-6-15(5)13(16)10-14-18;;/h6-7,10-12H,8-9H2,1-5H3;2*1H. The molecule has 0 radical (unpaired) electrons. The molecule has 0 amide bonds. The van der Waals surface area contributed by atoms with E-state index in [1.165, 1.54) is 6.21 Å². The number of aromatic nitrogens is 2. The van der Waals surface area contributed by atoms with Crippen LogP contribution in [0.3, 0.4) is 0 Å². The molecule has 1 aromatic heterocycles. The van der Waals surface area contributed by atoms with Gasteiger partial charge in [0.15, 0.2) is 6.21 Å². The second-order valence-corrected chi connectivity index (χ2v) is 5.13. The summed E-state index contributed by atoms with van der Waals surface area (Å²) in [5, 5.41) is 11.8. The summed E-state index contributed by atoms with van der Waals surface area (Å²) in [6.45, 7) is 10.7.